The van der Waals surface area contributed by atoms with Crippen molar-refractivity contribution < 1.29 is 18.7 Å². The number of benzene rings is 2. The van der Waals surface area contributed by atoms with Crippen molar-refractivity contribution in [2.24, 2.45) is 0 Å². The fraction of sp³-hybridized carbons (Fsp3) is 0.176. The minimum atomic E-state index is -1.33. The Kier molecular flexibility index (Phi) is 3.18. The topological polar surface area (TPSA) is 42.6 Å². The molecular weight excluding hydrogens is 271 g/mol. The van der Waals surface area contributed by atoms with Crippen LogP contribution in [0.25, 0.3) is 11.0 Å². The largest absolute Gasteiger partial charge is 0.497 e. The lowest BCUT2D eigenvalue weighted by atomic mass is 9.93. The van der Waals surface area contributed by atoms with Crippen molar-refractivity contribution in [3.05, 3.63) is 65.7 Å². The van der Waals surface area contributed by atoms with E-state index in [-0.39, 0.29) is 5.82 Å². The zero-order valence-corrected chi connectivity index (χ0v) is 11.8. The summed E-state index contributed by atoms with van der Waals surface area (Å²) in [5.41, 5.74) is -0.153. The van der Waals surface area contributed by atoms with Crippen molar-refractivity contribution in [3.63, 3.8) is 0 Å². The van der Waals surface area contributed by atoms with Crippen LogP contribution in [0.4, 0.5) is 4.39 Å². The molecule has 0 saturated carbocycles. The van der Waals surface area contributed by atoms with Crippen LogP contribution in [0.15, 0.2) is 52.9 Å². The summed E-state index contributed by atoms with van der Waals surface area (Å²) in [5, 5.41) is 11.4. The number of halogens is 1. The average molecular weight is 286 g/mol. The van der Waals surface area contributed by atoms with Gasteiger partial charge in [-0.15, -0.1) is 0 Å². The van der Waals surface area contributed by atoms with Gasteiger partial charge < -0.3 is 14.3 Å². The van der Waals surface area contributed by atoms with Gasteiger partial charge in [0.15, 0.2) is 0 Å². The molecule has 3 nitrogen and oxygen atoms in total. The van der Waals surface area contributed by atoms with Crippen molar-refractivity contribution in [2.45, 2.75) is 12.5 Å². The van der Waals surface area contributed by atoms with Crippen molar-refractivity contribution >= 4 is 11.0 Å². The number of furan rings is 1. The molecule has 1 atom stereocenters. The maximum atomic E-state index is 13.2. The molecule has 0 spiro atoms. The van der Waals surface area contributed by atoms with Gasteiger partial charge in [-0.2, -0.15) is 0 Å². The third-order valence-electron chi connectivity index (χ3n) is 3.59. The van der Waals surface area contributed by atoms with Crippen LogP contribution < -0.4 is 4.74 Å². The van der Waals surface area contributed by atoms with Gasteiger partial charge in [-0.25, -0.2) is 4.39 Å². The highest BCUT2D eigenvalue weighted by Crippen LogP contribution is 2.34. The molecule has 0 fully saturated rings. The first kappa shape index (κ1) is 13.6. The molecule has 0 saturated heterocycles. The lowest BCUT2D eigenvalue weighted by Crippen LogP contribution is -2.21. The van der Waals surface area contributed by atoms with Gasteiger partial charge in [0.1, 0.15) is 28.5 Å². The Morgan fingerprint density at radius 3 is 2.71 bits per heavy atom. The maximum absolute atomic E-state index is 13.2. The number of hydrogen-bond acceptors (Lipinski definition) is 3. The van der Waals surface area contributed by atoms with E-state index in [4.69, 9.17) is 9.15 Å². The highest BCUT2D eigenvalue weighted by Gasteiger charge is 2.30. The minimum absolute atomic E-state index is 0.337. The average Bonchev–Trinajstić information content (AvgIpc) is 2.91. The summed E-state index contributed by atoms with van der Waals surface area (Å²) in [7, 11) is 1.57. The second-order valence-electron chi connectivity index (χ2n) is 5.10. The molecule has 1 unspecified atom stereocenters. The van der Waals surface area contributed by atoms with Crippen LogP contribution in [0.5, 0.6) is 5.75 Å². The van der Waals surface area contributed by atoms with E-state index in [0.717, 1.165) is 0 Å². The van der Waals surface area contributed by atoms with Crippen LogP contribution >= 0.6 is 0 Å². The Morgan fingerprint density at radius 1 is 1.14 bits per heavy atom. The van der Waals surface area contributed by atoms with Crippen LogP contribution in [-0.4, -0.2) is 12.2 Å². The van der Waals surface area contributed by atoms with E-state index in [1.165, 1.54) is 12.1 Å². The molecule has 1 N–H and O–H groups in total. The minimum Gasteiger partial charge on any atom is -0.497 e. The van der Waals surface area contributed by atoms with E-state index in [0.29, 0.717) is 28.0 Å². The first-order chi connectivity index (χ1) is 10.0. The molecule has 3 aromatic rings. The number of fused-ring (bicyclic) bond motifs is 1. The Morgan fingerprint density at radius 2 is 1.95 bits per heavy atom. The van der Waals surface area contributed by atoms with Crippen LogP contribution in [0.2, 0.25) is 0 Å². The van der Waals surface area contributed by atoms with Gasteiger partial charge in [-0.3, -0.25) is 0 Å². The molecule has 3 rings (SSSR count). The lowest BCUT2D eigenvalue weighted by molar-refractivity contribution is 0.0784. The quantitative estimate of drug-likeness (QED) is 0.795. The number of hydrogen-bond donors (Lipinski definition) is 1. The predicted molar refractivity (Wildman–Crippen MR) is 77.8 cm³/mol. The summed E-state index contributed by atoms with van der Waals surface area (Å²) in [6, 6.07) is 13.0. The number of rotatable bonds is 3. The monoisotopic (exact) mass is 286 g/mol. The van der Waals surface area contributed by atoms with Gasteiger partial charge in [-0.05, 0) is 48.9 Å². The molecule has 0 amide bonds. The standard InChI is InChI=1S/C17H15FO3/c1-17(19,12-4-3-5-14(10-12)20-2)16-9-11-8-13(18)6-7-15(11)21-16/h3-10,19H,1-2H3. The summed E-state index contributed by atoms with van der Waals surface area (Å²) >= 11 is 0. The molecule has 1 heterocycles. The highest BCUT2D eigenvalue weighted by molar-refractivity contribution is 5.78. The van der Waals surface area contributed by atoms with E-state index in [2.05, 4.69) is 0 Å². The summed E-state index contributed by atoms with van der Waals surface area (Å²) < 4.78 is 24.1. The Balaban J connectivity index is 2.09. The third kappa shape index (κ3) is 2.38. The lowest BCUT2D eigenvalue weighted by Gasteiger charge is -2.21. The summed E-state index contributed by atoms with van der Waals surface area (Å²) in [5.74, 6) is 0.669. The van der Waals surface area contributed by atoms with Crippen LogP contribution in [0.1, 0.15) is 18.2 Å². The molecule has 0 aliphatic heterocycles. The second kappa shape index (κ2) is 4.90. The molecular formula is C17H15FO3. The Bertz CT molecular complexity index is 790. The molecule has 0 aliphatic carbocycles. The Hall–Kier alpha value is -2.33. The van der Waals surface area contributed by atoms with Crippen molar-refractivity contribution in [3.8, 4) is 5.75 Å². The zero-order chi connectivity index (χ0) is 15.0. The molecule has 2 aromatic carbocycles. The highest BCUT2D eigenvalue weighted by atomic mass is 19.1. The molecule has 21 heavy (non-hydrogen) atoms. The number of ether oxygens (including phenoxy) is 1. The van der Waals surface area contributed by atoms with Crippen molar-refractivity contribution in [1.82, 2.24) is 0 Å². The zero-order valence-electron chi connectivity index (χ0n) is 11.8. The molecule has 0 aliphatic rings. The summed E-state index contributed by atoms with van der Waals surface area (Å²) in [6.45, 7) is 1.63. The van der Waals surface area contributed by atoms with Crippen LogP contribution in [0.3, 0.4) is 0 Å². The SMILES string of the molecule is COc1cccc(C(C)(O)c2cc3cc(F)ccc3o2)c1. The number of methoxy groups -OCH3 is 1. The third-order valence-corrected chi connectivity index (χ3v) is 3.59. The fourth-order valence-electron chi connectivity index (χ4n) is 2.32. The van der Waals surface area contributed by atoms with Crippen LogP contribution in [0, 0.1) is 5.82 Å². The molecule has 4 heteroatoms. The summed E-state index contributed by atoms with van der Waals surface area (Å²) in [4.78, 5) is 0. The summed E-state index contributed by atoms with van der Waals surface area (Å²) in [6.07, 6.45) is 0. The first-order valence-electron chi connectivity index (χ1n) is 6.57. The molecule has 1 aromatic heterocycles. The molecule has 108 valence electrons. The number of aliphatic hydroxyl groups is 1. The van der Waals surface area contributed by atoms with Gasteiger partial charge in [0.25, 0.3) is 0 Å². The van der Waals surface area contributed by atoms with Gasteiger partial charge >= 0.3 is 0 Å². The van der Waals surface area contributed by atoms with Crippen molar-refractivity contribution in [2.75, 3.05) is 7.11 Å². The fourth-order valence-corrected chi connectivity index (χ4v) is 2.32. The van der Waals surface area contributed by atoms with E-state index >= 15 is 0 Å². The van der Waals surface area contributed by atoms with Gasteiger partial charge in [0.05, 0.1) is 7.11 Å². The van der Waals surface area contributed by atoms with Gasteiger partial charge in [-0.1, -0.05) is 12.1 Å². The van der Waals surface area contributed by atoms with E-state index < -0.39 is 5.60 Å². The van der Waals surface area contributed by atoms with E-state index in [1.54, 1.807) is 50.4 Å². The smallest absolute Gasteiger partial charge is 0.144 e. The van der Waals surface area contributed by atoms with Gasteiger partial charge in [0, 0.05) is 5.39 Å². The van der Waals surface area contributed by atoms with E-state index in [1.807, 2.05) is 0 Å². The van der Waals surface area contributed by atoms with E-state index in [9.17, 15) is 9.50 Å². The first-order valence-corrected chi connectivity index (χ1v) is 6.57. The van der Waals surface area contributed by atoms with Crippen LogP contribution in [-0.2, 0) is 5.60 Å². The molecule has 0 bridgehead atoms. The predicted octanol–water partition coefficient (Wildman–Crippen LogP) is 3.84. The van der Waals surface area contributed by atoms with Gasteiger partial charge in [0.2, 0.25) is 0 Å². The van der Waals surface area contributed by atoms with Crippen molar-refractivity contribution in [1.29, 1.82) is 0 Å². The second-order valence-corrected chi connectivity index (χ2v) is 5.10. The maximum Gasteiger partial charge on any atom is 0.144 e. The Labute approximate surface area is 121 Å². The normalized spacial score (nSPS) is 14.1. The molecule has 0 radical (unpaired) electrons.